The van der Waals surface area contributed by atoms with E-state index in [0.29, 0.717) is 28.7 Å². The van der Waals surface area contributed by atoms with Crippen molar-refractivity contribution >= 4 is 40.7 Å². The third-order valence-electron chi connectivity index (χ3n) is 4.55. The Morgan fingerprint density at radius 1 is 1.04 bits per heavy atom. The van der Waals surface area contributed by atoms with Gasteiger partial charge in [-0.1, -0.05) is 41.4 Å². The number of rotatable bonds is 2. The standard InChI is InChI=1S/C19H18Cl2N2O2/c1-12-15(20)8-5-9-17(12)23-11-10-22(13(2)18(23)24)19(25)14-6-3-4-7-16(14)21/h3-9,13H,10-11H2,1-2H3/t13-/m1/s1. The predicted molar refractivity (Wildman–Crippen MR) is 100 cm³/mol. The zero-order valence-corrected chi connectivity index (χ0v) is 15.5. The molecule has 25 heavy (non-hydrogen) atoms. The average molecular weight is 377 g/mol. The van der Waals surface area contributed by atoms with Gasteiger partial charge in [0.25, 0.3) is 5.91 Å². The number of carbonyl (C=O) groups is 2. The van der Waals surface area contributed by atoms with E-state index in [4.69, 9.17) is 23.2 Å². The molecule has 0 aromatic heterocycles. The van der Waals surface area contributed by atoms with Gasteiger partial charge in [-0.05, 0) is 43.7 Å². The fourth-order valence-corrected chi connectivity index (χ4v) is 3.45. The van der Waals surface area contributed by atoms with Crippen molar-refractivity contribution in [3.63, 3.8) is 0 Å². The molecular weight excluding hydrogens is 359 g/mol. The Labute approximate surface area is 156 Å². The van der Waals surface area contributed by atoms with Crippen LogP contribution in [0.5, 0.6) is 0 Å². The van der Waals surface area contributed by atoms with E-state index in [-0.39, 0.29) is 11.8 Å². The molecule has 1 aliphatic rings. The summed E-state index contributed by atoms with van der Waals surface area (Å²) in [6.07, 6.45) is 0. The number of nitrogens with zero attached hydrogens (tertiary/aromatic N) is 2. The molecule has 0 N–H and O–H groups in total. The molecule has 1 aliphatic heterocycles. The molecule has 0 aliphatic carbocycles. The van der Waals surface area contributed by atoms with Crippen LogP contribution >= 0.6 is 23.2 Å². The Balaban J connectivity index is 1.86. The minimum absolute atomic E-state index is 0.128. The van der Waals surface area contributed by atoms with Gasteiger partial charge < -0.3 is 9.80 Å². The van der Waals surface area contributed by atoms with E-state index in [0.717, 1.165) is 11.3 Å². The van der Waals surface area contributed by atoms with Crippen molar-refractivity contribution in [2.75, 3.05) is 18.0 Å². The molecule has 1 saturated heterocycles. The lowest BCUT2D eigenvalue weighted by Crippen LogP contribution is -2.58. The summed E-state index contributed by atoms with van der Waals surface area (Å²) in [5.74, 6) is -0.356. The molecule has 2 amide bonds. The molecule has 3 rings (SSSR count). The van der Waals surface area contributed by atoms with Crippen LogP contribution in [-0.4, -0.2) is 35.8 Å². The maximum Gasteiger partial charge on any atom is 0.256 e. The molecule has 0 bridgehead atoms. The molecule has 0 radical (unpaired) electrons. The lowest BCUT2D eigenvalue weighted by Gasteiger charge is -2.39. The van der Waals surface area contributed by atoms with Crippen molar-refractivity contribution in [3.05, 3.63) is 63.6 Å². The maximum absolute atomic E-state index is 12.9. The maximum atomic E-state index is 12.9. The number of carbonyl (C=O) groups excluding carboxylic acids is 2. The first kappa shape index (κ1) is 17.8. The van der Waals surface area contributed by atoms with E-state index < -0.39 is 6.04 Å². The summed E-state index contributed by atoms with van der Waals surface area (Å²) in [5.41, 5.74) is 2.06. The molecule has 6 heteroatoms. The highest BCUT2D eigenvalue weighted by atomic mass is 35.5. The van der Waals surface area contributed by atoms with Gasteiger partial charge in [-0.25, -0.2) is 0 Å². The Morgan fingerprint density at radius 2 is 1.72 bits per heavy atom. The van der Waals surface area contributed by atoms with Crippen LogP contribution in [0.25, 0.3) is 0 Å². The molecule has 0 saturated carbocycles. The highest BCUT2D eigenvalue weighted by molar-refractivity contribution is 6.34. The van der Waals surface area contributed by atoms with Crippen LogP contribution in [-0.2, 0) is 4.79 Å². The summed E-state index contributed by atoms with van der Waals surface area (Å²) < 4.78 is 0. The van der Waals surface area contributed by atoms with Gasteiger partial charge in [0.05, 0.1) is 10.6 Å². The quantitative estimate of drug-likeness (QED) is 0.788. The first-order valence-electron chi connectivity index (χ1n) is 8.04. The van der Waals surface area contributed by atoms with Crippen LogP contribution in [0.1, 0.15) is 22.8 Å². The number of hydrogen-bond donors (Lipinski definition) is 0. The summed E-state index contributed by atoms with van der Waals surface area (Å²) in [6.45, 7) is 4.48. The van der Waals surface area contributed by atoms with Gasteiger partial charge in [0.1, 0.15) is 6.04 Å². The molecule has 1 heterocycles. The Morgan fingerprint density at radius 3 is 2.44 bits per heavy atom. The second-order valence-electron chi connectivity index (χ2n) is 6.03. The van der Waals surface area contributed by atoms with Gasteiger partial charge in [-0.3, -0.25) is 9.59 Å². The van der Waals surface area contributed by atoms with Crippen molar-refractivity contribution in [1.82, 2.24) is 4.90 Å². The van der Waals surface area contributed by atoms with Crippen molar-refractivity contribution in [1.29, 1.82) is 0 Å². The number of anilines is 1. The van der Waals surface area contributed by atoms with Gasteiger partial charge in [0.2, 0.25) is 5.91 Å². The first-order chi connectivity index (χ1) is 11.9. The number of amides is 2. The number of halogens is 2. The van der Waals surface area contributed by atoms with Crippen LogP contribution < -0.4 is 4.90 Å². The van der Waals surface area contributed by atoms with Gasteiger partial charge in [0, 0.05) is 23.8 Å². The van der Waals surface area contributed by atoms with E-state index in [9.17, 15) is 9.59 Å². The first-order valence-corrected chi connectivity index (χ1v) is 8.79. The predicted octanol–water partition coefficient (Wildman–Crippen LogP) is 4.18. The molecule has 4 nitrogen and oxygen atoms in total. The number of piperazine rings is 1. The smallest absolute Gasteiger partial charge is 0.256 e. The monoisotopic (exact) mass is 376 g/mol. The lowest BCUT2D eigenvalue weighted by molar-refractivity contribution is -0.124. The summed E-state index contributed by atoms with van der Waals surface area (Å²) in [6, 6.07) is 11.8. The van der Waals surface area contributed by atoms with E-state index in [2.05, 4.69) is 0 Å². The lowest BCUT2D eigenvalue weighted by atomic mass is 10.1. The van der Waals surface area contributed by atoms with E-state index in [1.165, 1.54) is 0 Å². The highest BCUT2D eigenvalue weighted by Crippen LogP contribution is 2.29. The van der Waals surface area contributed by atoms with Crippen molar-refractivity contribution in [2.45, 2.75) is 19.9 Å². The second kappa shape index (κ2) is 7.06. The summed E-state index contributed by atoms with van der Waals surface area (Å²) in [5, 5.41) is 1.01. The SMILES string of the molecule is Cc1c(Cl)cccc1N1CCN(C(=O)c2ccccc2Cl)[C@H](C)C1=O. The highest BCUT2D eigenvalue weighted by Gasteiger charge is 2.36. The fraction of sp³-hybridized carbons (Fsp3) is 0.263. The second-order valence-corrected chi connectivity index (χ2v) is 6.84. The molecule has 2 aromatic carbocycles. The molecular formula is C19H18Cl2N2O2. The van der Waals surface area contributed by atoms with Crippen molar-refractivity contribution < 1.29 is 9.59 Å². The molecule has 1 atom stereocenters. The third-order valence-corrected chi connectivity index (χ3v) is 5.29. The zero-order valence-electron chi connectivity index (χ0n) is 14.0. The molecule has 2 aromatic rings. The van der Waals surface area contributed by atoms with Crippen LogP contribution in [0, 0.1) is 6.92 Å². The van der Waals surface area contributed by atoms with Gasteiger partial charge in [-0.15, -0.1) is 0 Å². The number of hydrogen-bond acceptors (Lipinski definition) is 2. The topological polar surface area (TPSA) is 40.6 Å². The zero-order chi connectivity index (χ0) is 18.1. The molecule has 1 fully saturated rings. The van der Waals surface area contributed by atoms with E-state index in [1.807, 2.05) is 19.1 Å². The van der Waals surface area contributed by atoms with Crippen LogP contribution in [0.3, 0.4) is 0 Å². The average Bonchev–Trinajstić information content (AvgIpc) is 2.60. The number of benzene rings is 2. The van der Waals surface area contributed by atoms with Crippen molar-refractivity contribution in [2.24, 2.45) is 0 Å². The summed E-state index contributed by atoms with van der Waals surface area (Å²) in [7, 11) is 0. The van der Waals surface area contributed by atoms with Crippen LogP contribution in [0.2, 0.25) is 10.0 Å². The minimum Gasteiger partial charge on any atom is -0.325 e. The van der Waals surface area contributed by atoms with Gasteiger partial charge >= 0.3 is 0 Å². The Bertz CT molecular complexity index is 838. The minimum atomic E-state index is -0.573. The Kier molecular flexibility index (Phi) is 5.02. The molecule has 130 valence electrons. The molecule has 0 spiro atoms. The van der Waals surface area contributed by atoms with Crippen LogP contribution in [0.15, 0.2) is 42.5 Å². The van der Waals surface area contributed by atoms with Gasteiger partial charge in [-0.2, -0.15) is 0 Å². The van der Waals surface area contributed by atoms with Gasteiger partial charge in [0.15, 0.2) is 0 Å². The summed E-state index contributed by atoms with van der Waals surface area (Å²) in [4.78, 5) is 28.9. The van der Waals surface area contributed by atoms with E-state index >= 15 is 0 Å². The summed E-state index contributed by atoms with van der Waals surface area (Å²) >= 11 is 12.3. The van der Waals surface area contributed by atoms with Crippen molar-refractivity contribution in [3.8, 4) is 0 Å². The fourth-order valence-electron chi connectivity index (χ4n) is 3.06. The largest absolute Gasteiger partial charge is 0.325 e. The normalized spacial score (nSPS) is 17.8. The third kappa shape index (κ3) is 3.24. The van der Waals surface area contributed by atoms with Crippen LogP contribution in [0.4, 0.5) is 5.69 Å². The van der Waals surface area contributed by atoms with E-state index in [1.54, 1.807) is 47.1 Å². The molecule has 0 unspecified atom stereocenters. The Hall–Kier alpha value is -2.04.